The normalized spacial score (nSPS) is 17.5. The molecule has 1 amide bonds. The molecule has 26 heavy (non-hydrogen) atoms. The Hall–Kier alpha value is -3.13. The highest BCUT2D eigenvalue weighted by Crippen LogP contribution is 2.33. The lowest BCUT2D eigenvalue weighted by Gasteiger charge is -2.09. The van der Waals surface area contributed by atoms with Gasteiger partial charge in [-0.2, -0.15) is 0 Å². The van der Waals surface area contributed by atoms with Crippen LogP contribution in [0.2, 0.25) is 0 Å². The van der Waals surface area contributed by atoms with Crippen molar-refractivity contribution >= 4 is 23.2 Å². The summed E-state index contributed by atoms with van der Waals surface area (Å²) in [7, 11) is 0. The predicted octanol–water partition coefficient (Wildman–Crippen LogP) is 5.34. The molecule has 2 aromatic carbocycles. The minimum Gasteiger partial charge on any atom is -0.326 e. The Kier molecular flexibility index (Phi) is 4.40. The second-order valence-corrected chi connectivity index (χ2v) is 6.67. The van der Waals surface area contributed by atoms with E-state index in [-0.39, 0.29) is 5.91 Å². The number of amides is 1. The number of allylic oxidation sites excluding steroid dienone is 6. The molecule has 128 valence electrons. The molecule has 0 fully saturated rings. The zero-order valence-electron chi connectivity index (χ0n) is 14.7. The zero-order valence-corrected chi connectivity index (χ0v) is 14.7. The van der Waals surface area contributed by atoms with Gasteiger partial charge >= 0.3 is 0 Å². The van der Waals surface area contributed by atoms with E-state index in [1.807, 2.05) is 24.3 Å². The first-order valence-electron chi connectivity index (χ1n) is 8.96. The molecule has 0 unspecified atom stereocenters. The fourth-order valence-corrected chi connectivity index (χ4v) is 3.67. The first-order valence-corrected chi connectivity index (χ1v) is 8.96. The Balaban J connectivity index is 1.85. The minimum absolute atomic E-state index is 0.0669. The number of hydrogen-bond donors (Lipinski definition) is 1. The number of carbonyl (C=O) groups is 1. The summed E-state index contributed by atoms with van der Waals surface area (Å²) in [6.07, 6.45) is 12.9. The Morgan fingerprint density at radius 2 is 1.92 bits per heavy atom. The van der Waals surface area contributed by atoms with Crippen molar-refractivity contribution in [1.82, 2.24) is 0 Å². The Morgan fingerprint density at radius 1 is 1.04 bits per heavy atom. The SMILES string of the molecule is C=C/C=C\C1=CC(=C\c2cccc3c2CC(=O)N3)/c2ccccc2CC1. The Bertz CT molecular complexity index is 975. The molecule has 2 nitrogen and oxygen atoms in total. The van der Waals surface area contributed by atoms with Crippen LogP contribution in [0.25, 0.3) is 11.6 Å². The minimum atomic E-state index is 0.0669. The van der Waals surface area contributed by atoms with Crippen LogP contribution in [0.1, 0.15) is 28.7 Å². The van der Waals surface area contributed by atoms with E-state index < -0.39 is 0 Å². The topological polar surface area (TPSA) is 29.1 Å². The van der Waals surface area contributed by atoms with Crippen molar-refractivity contribution in [2.24, 2.45) is 0 Å². The lowest BCUT2D eigenvalue weighted by molar-refractivity contribution is -0.115. The van der Waals surface area contributed by atoms with Gasteiger partial charge in [-0.3, -0.25) is 4.79 Å². The summed E-state index contributed by atoms with van der Waals surface area (Å²) in [6.45, 7) is 3.77. The molecular formula is C24H21NO. The average Bonchev–Trinajstić information content (AvgIpc) is 2.95. The first-order chi connectivity index (χ1) is 12.7. The van der Waals surface area contributed by atoms with Crippen LogP contribution in [0.4, 0.5) is 5.69 Å². The van der Waals surface area contributed by atoms with Crippen molar-refractivity contribution in [2.45, 2.75) is 19.3 Å². The van der Waals surface area contributed by atoms with Gasteiger partial charge < -0.3 is 5.32 Å². The monoisotopic (exact) mass is 339 g/mol. The largest absolute Gasteiger partial charge is 0.326 e. The molecule has 0 aromatic heterocycles. The molecule has 0 bridgehead atoms. The van der Waals surface area contributed by atoms with Crippen LogP contribution >= 0.6 is 0 Å². The van der Waals surface area contributed by atoms with Gasteiger partial charge in [0.05, 0.1) is 6.42 Å². The molecule has 0 radical (unpaired) electrons. The van der Waals surface area contributed by atoms with Gasteiger partial charge in [-0.1, -0.05) is 67.3 Å². The third-order valence-electron chi connectivity index (χ3n) is 4.93. The second-order valence-electron chi connectivity index (χ2n) is 6.67. The van der Waals surface area contributed by atoms with Crippen molar-refractivity contribution in [2.75, 3.05) is 5.32 Å². The number of hydrogen-bond acceptors (Lipinski definition) is 1. The van der Waals surface area contributed by atoms with E-state index in [0.717, 1.165) is 29.7 Å². The van der Waals surface area contributed by atoms with Gasteiger partial charge in [0.2, 0.25) is 5.91 Å². The lowest BCUT2D eigenvalue weighted by atomic mass is 9.95. The van der Waals surface area contributed by atoms with Gasteiger partial charge in [0.1, 0.15) is 0 Å². The molecule has 1 aliphatic carbocycles. The maximum atomic E-state index is 11.8. The van der Waals surface area contributed by atoms with Gasteiger partial charge in [0, 0.05) is 5.69 Å². The van der Waals surface area contributed by atoms with Crippen molar-refractivity contribution in [3.8, 4) is 0 Å². The average molecular weight is 339 g/mol. The molecule has 0 atom stereocenters. The lowest BCUT2D eigenvalue weighted by Crippen LogP contribution is -2.03. The van der Waals surface area contributed by atoms with Crippen molar-refractivity contribution in [3.63, 3.8) is 0 Å². The Morgan fingerprint density at radius 3 is 2.81 bits per heavy atom. The van der Waals surface area contributed by atoms with Crippen LogP contribution in [-0.2, 0) is 17.6 Å². The maximum Gasteiger partial charge on any atom is 0.228 e. The van der Waals surface area contributed by atoms with Crippen molar-refractivity contribution < 1.29 is 4.79 Å². The highest BCUT2D eigenvalue weighted by Gasteiger charge is 2.20. The molecule has 1 heterocycles. The molecular weight excluding hydrogens is 318 g/mol. The summed E-state index contributed by atoms with van der Waals surface area (Å²) >= 11 is 0. The Labute approximate surface area is 154 Å². The van der Waals surface area contributed by atoms with Crippen LogP contribution in [0.3, 0.4) is 0 Å². The molecule has 2 heteroatoms. The smallest absolute Gasteiger partial charge is 0.228 e. The number of benzene rings is 2. The summed E-state index contributed by atoms with van der Waals surface area (Å²) in [5.41, 5.74) is 8.23. The molecule has 2 aliphatic rings. The molecule has 4 rings (SSSR count). The van der Waals surface area contributed by atoms with Crippen LogP contribution in [0.15, 0.2) is 78.9 Å². The molecule has 0 spiro atoms. The van der Waals surface area contributed by atoms with Gasteiger partial charge in [0.15, 0.2) is 0 Å². The van der Waals surface area contributed by atoms with Crippen LogP contribution in [0.5, 0.6) is 0 Å². The van der Waals surface area contributed by atoms with Crippen LogP contribution in [0, 0.1) is 0 Å². The standard InChI is InChI=1S/C24H21NO/c1-2-3-7-17-12-13-18-8-4-5-10-21(18)20(14-17)15-19-9-6-11-23-22(19)16-24(26)25-23/h2-11,14-15H,1,12-13,16H2,(H,25,26)/b7-3-,20-15+. The summed E-state index contributed by atoms with van der Waals surface area (Å²) in [5, 5.41) is 2.94. The van der Waals surface area contributed by atoms with E-state index in [1.54, 1.807) is 0 Å². The van der Waals surface area contributed by atoms with Gasteiger partial charge in [-0.15, -0.1) is 0 Å². The number of aryl methyl sites for hydroxylation is 1. The molecule has 0 saturated carbocycles. The third kappa shape index (κ3) is 3.18. The number of nitrogens with one attached hydrogen (secondary N) is 1. The third-order valence-corrected chi connectivity index (χ3v) is 4.93. The first kappa shape index (κ1) is 16.3. The zero-order chi connectivity index (χ0) is 17.9. The van der Waals surface area contributed by atoms with Crippen molar-refractivity contribution in [3.05, 3.63) is 101 Å². The molecule has 1 aliphatic heterocycles. The predicted molar refractivity (Wildman–Crippen MR) is 109 cm³/mol. The number of fused-ring (bicyclic) bond motifs is 2. The van der Waals surface area contributed by atoms with E-state index in [0.29, 0.717) is 6.42 Å². The summed E-state index contributed by atoms with van der Waals surface area (Å²) in [6, 6.07) is 14.6. The van der Waals surface area contributed by atoms with Crippen LogP contribution in [-0.4, -0.2) is 5.91 Å². The van der Waals surface area contributed by atoms with Crippen molar-refractivity contribution in [1.29, 1.82) is 0 Å². The maximum absolute atomic E-state index is 11.8. The highest BCUT2D eigenvalue weighted by atomic mass is 16.1. The van der Waals surface area contributed by atoms with E-state index in [9.17, 15) is 4.79 Å². The van der Waals surface area contributed by atoms with Gasteiger partial charge in [-0.05, 0) is 58.4 Å². The summed E-state index contributed by atoms with van der Waals surface area (Å²) < 4.78 is 0. The fourth-order valence-electron chi connectivity index (χ4n) is 3.67. The number of rotatable bonds is 3. The van der Waals surface area contributed by atoms with Gasteiger partial charge in [-0.25, -0.2) is 0 Å². The molecule has 0 saturated heterocycles. The number of carbonyl (C=O) groups excluding carboxylic acids is 1. The summed E-state index contributed by atoms with van der Waals surface area (Å²) in [4.78, 5) is 11.8. The van der Waals surface area contributed by atoms with E-state index in [2.05, 4.69) is 60.5 Å². The number of anilines is 1. The highest BCUT2D eigenvalue weighted by molar-refractivity contribution is 6.01. The van der Waals surface area contributed by atoms with E-state index in [4.69, 9.17) is 0 Å². The fraction of sp³-hybridized carbons (Fsp3) is 0.125. The van der Waals surface area contributed by atoms with Gasteiger partial charge in [0.25, 0.3) is 0 Å². The van der Waals surface area contributed by atoms with E-state index in [1.165, 1.54) is 22.3 Å². The second kappa shape index (κ2) is 7.01. The van der Waals surface area contributed by atoms with E-state index >= 15 is 0 Å². The van der Waals surface area contributed by atoms with Crippen LogP contribution < -0.4 is 5.32 Å². The summed E-state index contributed by atoms with van der Waals surface area (Å²) in [5.74, 6) is 0.0669. The quantitative estimate of drug-likeness (QED) is 0.752. The molecule has 2 aromatic rings. The molecule has 1 N–H and O–H groups in total.